The van der Waals surface area contributed by atoms with Gasteiger partial charge in [0.1, 0.15) is 5.75 Å². The Labute approximate surface area is 194 Å². The summed E-state index contributed by atoms with van der Waals surface area (Å²) in [6.07, 6.45) is 6.04. The highest BCUT2D eigenvalue weighted by molar-refractivity contribution is 5.33. The highest BCUT2D eigenvalue weighted by atomic mass is 16.5. The number of piperazine rings is 1. The van der Waals surface area contributed by atoms with Crippen molar-refractivity contribution in [1.82, 2.24) is 14.7 Å². The van der Waals surface area contributed by atoms with E-state index < -0.39 is 0 Å². The summed E-state index contributed by atoms with van der Waals surface area (Å²) in [6.45, 7) is 13.8. The molecule has 0 aromatic heterocycles. The van der Waals surface area contributed by atoms with Crippen LogP contribution in [0.4, 0.5) is 0 Å². The lowest BCUT2D eigenvalue weighted by Gasteiger charge is -2.44. The van der Waals surface area contributed by atoms with Crippen molar-refractivity contribution in [3.63, 3.8) is 0 Å². The Morgan fingerprint density at radius 1 is 0.812 bits per heavy atom. The quantitative estimate of drug-likeness (QED) is 0.488. The van der Waals surface area contributed by atoms with Crippen LogP contribution in [0.5, 0.6) is 5.75 Å². The number of likely N-dealkylation sites (tertiary alicyclic amines) is 1. The molecule has 4 rings (SSSR count). The minimum absolute atomic E-state index is 0.196. The first-order valence-electron chi connectivity index (χ1n) is 12.7. The van der Waals surface area contributed by atoms with Crippen LogP contribution in [-0.2, 0) is 14.9 Å². The maximum atomic E-state index is 6.06. The third kappa shape index (κ3) is 6.67. The minimum atomic E-state index is 0.196. The van der Waals surface area contributed by atoms with Gasteiger partial charge < -0.3 is 19.1 Å². The second-order valence-electron chi connectivity index (χ2n) is 9.78. The molecule has 3 aliphatic rings. The molecule has 1 aromatic rings. The van der Waals surface area contributed by atoms with E-state index >= 15 is 0 Å². The topological polar surface area (TPSA) is 37.4 Å². The van der Waals surface area contributed by atoms with E-state index in [1.807, 2.05) is 0 Å². The van der Waals surface area contributed by atoms with Gasteiger partial charge in [-0.1, -0.05) is 12.1 Å². The summed E-state index contributed by atoms with van der Waals surface area (Å²) in [6, 6.07) is 9.00. The molecule has 0 radical (unpaired) electrons. The van der Waals surface area contributed by atoms with E-state index in [0.29, 0.717) is 0 Å². The van der Waals surface area contributed by atoms with E-state index in [4.69, 9.17) is 14.2 Å². The van der Waals surface area contributed by atoms with Crippen molar-refractivity contribution < 1.29 is 14.2 Å². The zero-order valence-electron chi connectivity index (χ0n) is 20.1. The van der Waals surface area contributed by atoms with Crippen molar-refractivity contribution >= 4 is 0 Å². The predicted octanol–water partition coefficient (Wildman–Crippen LogP) is 2.86. The van der Waals surface area contributed by atoms with E-state index in [9.17, 15) is 0 Å². The molecule has 3 aliphatic heterocycles. The summed E-state index contributed by atoms with van der Waals surface area (Å²) in [5.74, 6) is 1.00. The van der Waals surface area contributed by atoms with Crippen LogP contribution in [-0.4, -0.2) is 107 Å². The van der Waals surface area contributed by atoms with Gasteiger partial charge in [-0.25, -0.2) is 0 Å². The van der Waals surface area contributed by atoms with Crippen molar-refractivity contribution in [3.8, 4) is 5.75 Å². The Morgan fingerprint density at radius 2 is 1.47 bits per heavy atom. The fraction of sp³-hybridized carbons (Fsp3) is 0.769. The maximum absolute atomic E-state index is 6.06. The van der Waals surface area contributed by atoms with E-state index in [1.165, 1.54) is 38.0 Å². The van der Waals surface area contributed by atoms with Gasteiger partial charge in [0.2, 0.25) is 0 Å². The van der Waals surface area contributed by atoms with Gasteiger partial charge in [-0.2, -0.15) is 0 Å². The van der Waals surface area contributed by atoms with E-state index in [-0.39, 0.29) is 5.41 Å². The third-order valence-corrected chi connectivity index (χ3v) is 7.61. The standard InChI is InChI=1S/C26H43N3O3/c1-30-22-18-28-14-16-29(17-15-28)23-26(9-20-31-21-10-26)24-5-7-25(8-6-24)32-19-4-13-27-11-2-3-12-27/h5-8H,2-4,9-23H2,1H3. The monoisotopic (exact) mass is 445 g/mol. The SMILES string of the molecule is COCCN1CCN(CC2(c3ccc(OCCCN4CCCC4)cc3)CCOCC2)CC1. The Bertz CT molecular complexity index is 649. The molecule has 3 fully saturated rings. The number of hydrogen-bond acceptors (Lipinski definition) is 6. The molecule has 0 N–H and O–H groups in total. The van der Waals surface area contributed by atoms with Crippen molar-refractivity contribution in [2.45, 2.75) is 37.5 Å². The van der Waals surface area contributed by atoms with Gasteiger partial charge in [0.25, 0.3) is 0 Å². The van der Waals surface area contributed by atoms with Gasteiger partial charge in [0, 0.05) is 71.6 Å². The molecule has 180 valence electrons. The van der Waals surface area contributed by atoms with Crippen molar-refractivity contribution in [3.05, 3.63) is 29.8 Å². The molecule has 3 saturated heterocycles. The average Bonchev–Trinajstić information content (AvgIpc) is 3.36. The Kier molecular flexibility index (Phi) is 9.23. The Balaban J connectivity index is 1.29. The molecule has 1 aromatic carbocycles. The van der Waals surface area contributed by atoms with Crippen LogP contribution in [0.3, 0.4) is 0 Å². The lowest BCUT2D eigenvalue weighted by molar-refractivity contribution is 0.0220. The number of nitrogens with zero attached hydrogens (tertiary/aromatic N) is 3. The molecule has 32 heavy (non-hydrogen) atoms. The van der Waals surface area contributed by atoms with Crippen LogP contribution >= 0.6 is 0 Å². The molecule has 0 saturated carbocycles. The van der Waals surface area contributed by atoms with Crippen LogP contribution in [0, 0.1) is 0 Å². The first kappa shape index (κ1) is 24.0. The highest BCUT2D eigenvalue weighted by Gasteiger charge is 2.37. The molecule has 3 heterocycles. The number of ether oxygens (including phenoxy) is 3. The molecular weight excluding hydrogens is 402 g/mol. The van der Waals surface area contributed by atoms with Crippen molar-refractivity contribution in [1.29, 1.82) is 0 Å². The van der Waals surface area contributed by atoms with E-state index in [2.05, 4.69) is 39.0 Å². The molecule has 6 heteroatoms. The number of hydrogen-bond donors (Lipinski definition) is 0. The van der Waals surface area contributed by atoms with Crippen LogP contribution in [0.25, 0.3) is 0 Å². The second-order valence-corrected chi connectivity index (χ2v) is 9.78. The molecule has 0 aliphatic carbocycles. The number of benzene rings is 1. The van der Waals surface area contributed by atoms with E-state index in [1.54, 1.807) is 7.11 Å². The first-order valence-corrected chi connectivity index (χ1v) is 12.7. The number of methoxy groups -OCH3 is 1. The lowest BCUT2D eigenvalue weighted by atomic mass is 9.73. The smallest absolute Gasteiger partial charge is 0.119 e. The summed E-state index contributed by atoms with van der Waals surface area (Å²) >= 11 is 0. The minimum Gasteiger partial charge on any atom is -0.494 e. The zero-order valence-corrected chi connectivity index (χ0v) is 20.1. The maximum Gasteiger partial charge on any atom is 0.119 e. The van der Waals surface area contributed by atoms with E-state index in [0.717, 1.165) is 90.7 Å². The van der Waals surface area contributed by atoms with Crippen LogP contribution < -0.4 is 4.74 Å². The summed E-state index contributed by atoms with van der Waals surface area (Å²) < 4.78 is 17.1. The predicted molar refractivity (Wildman–Crippen MR) is 129 cm³/mol. The van der Waals surface area contributed by atoms with Gasteiger partial charge in [0.05, 0.1) is 13.2 Å². The van der Waals surface area contributed by atoms with Gasteiger partial charge in [-0.05, 0) is 62.9 Å². The van der Waals surface area contributed by atoms with Gasteiger partial charge in [-0.3, -0.25) is 9.80 Å². The molecule has 6 nitrogen and oxygen atoms in total. The molecule has 0 amide bonds. The Hall–Kier alpha value is -1.18. The normalized spacial score (nSPS) is 22.9. The third-order valence-electron chi connectivity index (χ3n) is 7.61. The lowest BCUT2D eigenvalue weighted by Crippen LogP contribution is -2.52. The highest BCUT2D eigenvalue weighted by Crippen LogP contribution is 2.36. The molecule has 0 atom stereocenters. The summed E-state index contributed by atoms with van der Waals surface area (Å²) in [7, 11) is 1.79. The number of rotatable bonds is 11. The van der Waals surface area contributed by atoms with Crippen molar-refractivity contribution in [2.24, 2.45) is 0 Å². The fourth-order valence-corrected chi connectivity index (χ4v) is 5.51. The first-order chi connectivity index (χ1) is 15.8. The Morgan fingerprint density at radius 3 is 2.16 bits per heavy atom. The summed E-state index contributed by atoms with van der Waals surface area (Å²) in [5, 5.41) is 0. The second kappa shape index (κ2) is 12.3. The average molecular weight is 446 g/mol. The molecule has 0 bridgehead atoms. The van der Waals surface area contributed by atoms with Crippen molar-refractivity contribution in [2.75, 3.05) is 92.4 Å². The van der Waals surface area contributed by atoms with Gasteiger partial charge in [-0.15, -0.1) is 0 Å². The van der Waals surface area contributed by atoms with Crippen LogP contribution in [0.1, 0.15) is 37.7 Å². The largest absolute Gasteiger partial charge is 0.494 e. The van der Waals surface area contributed by atoms with Crippen LogP contribution in [0.2, 0.25) is 0 Å². The molecule has 0 unspecified atom stereocenters. The zero-order chi connectivity index (χ0) is 22.1. The summed E-state index contributed by atoms with van der Waals surface area (Å²) in [4.78, 5) is 7.74. The molecular formula is C26H43N3O3. The molecule has 0 spiro atoms. The fourth-order valence-electron chi connectivity index (χ4n) is 5.51. The van der Waals surface area contributed by atoms with Gasteiger partial charge in [0.15, 0.2) is 0 Å². The summed E-state index contributed by atoms with van der Waals surface area (Å²) in [5.41, 5.74) is 1.65. The van der Waals surface area contributed by atoms with Crippen LogP contribution in [0.15, 0.2) is 24.3 Å². The van der Waals surface area contributed by atoms with Gasteiger partial charge >= 0.3 is 0 Å².